The van der Waals surface area contributed by atoms with E-state index in [2.05, 4.69) is 5.32 Å². The van der Waals surface area contributed by atoms with Crippen molar-refractivity contribution >= 4 is 39.1 Å². The van der Waals surface area contributed by atoms with E-state index in [9.17, 15) is 18.0 Å². The maximum absolute atomic E-state index is 13.6. The Morgan fingerprint density at radius 1 is 1.05 bits per heavy atom. The molecule has 2 aromatic rings. The van der Waals surface area contributed by atoms with Gasteiger partial charge in [0.25, 0.3) is 0 Å². The smallest absolute Gasteiger partial charge is 0.243 e. The van der Waals surface area contributed by atoms with Crippen LogP contribution in [0.1, 0.15) is 63.6 Å². The van der Waals surface area contributed by atoms with Crippen LogP contribution in [-0.4, -0.2) is 49.5 Å². The lowest BCUT2D eigenvalue weighted by Gasteiger charge is -2.33. The number of carbonyl (C=O) groups excluding carboxylic acids is 2. The number of sulfonamides is 1. The van der Waals surface area contributed by atoms with Crippen LogP contribution in [-0.2, 0) is 26.2 Å². The van der Waals surface area contributed by atoms with Crippen LogP contribution < -0.4 is 9.62 Å². The van der Waals surface area contributed by atoms with Crippen LogP contribution in [0.4, 0.5) is 5.69 Å². The number of hydrogen-bond acceptors (Lipinski definition) is 4. The fraction of sp³-hybridized carbons (Fsp3) is 0.500. The fourth-order valence-electron chi connectivity index (χ4n) is 4.18. The average Bonchev–Trinajstić information content (AvgIpc) is 2.77. The SMILES string of the molecule is CC[C@@H](C(=O)NC(C)(C)C)N(Cc1ccccc1C)C(=O)CCCN(c1cc(Cl)ccc1C)S(C)(=O)=O. The van der Waals surface area contributed by atoms with E-state index in [0.717, 1.165) is 22.9 Å². The topological polar surface area (TPSA) is 86.8 Å². The van der Waals surface area contributed by atoms with Crippen molar-refractivity contribution in [2.24, 2.45) is 0 Å². The molecule has 0 saturated heterocycles. The van der Waals surface area contributed by atoms with Crippen molar-refractivity contribution in [1.82, 2.24) is 10.2 Å². The zero-order chi connectivity index (χ0) is 28.0. The Bertz CT molecular complexity index is 1210. The van der Waals surface area contributed by atoms with Gasteiger partial charge in [0.1, 0.15) is 6.04 Å². The Kier molecular flexibility index (Phi) is 10.6. The van der Waals surface area contributed by atoms with Crippen LogP contribution >= 0.6 is 11.6 Å². The van der Waals surface area contributed by atoms with Gasteiger partial charge in [0.05, 0.1) is 11.9 Å². The first kappa shape index (κ1) is 30.6. The molecule has 204 valence electrons. The number of anilines is 1. The minimum atomic E-state index is -3.60. The highest BCUT2D eigenvalue weighted by molar-refractivity contribution is 7.92. The summed E-state index contributed by atoms with van der Waals surface area (Å²) in [6.07, 6.45) is 1.98. The van der Waals surface area contributed by atoms with Crippen molar-refractivity contribution in [3.05, 3.63) is 64.2 Å². The molecule has 7 nitrogen and oxygen atoms in total. The zero-order valence-corrected chi connectivity index (χ0v) is 24.5. The van der Waals surface area contributed by atoms with E-state index in [-0.39, 0.29) is 24.8 Å². The molecule has 0 aliphatic rings. The third kappa shape index (κ3) is 9.04. The number of aryl methyl sites for hydroxylation is 2. The second-order valence-corrected chi connectivity index (χ2v) is 12.8. The molecule has 9 heteroatoms. The molecule has 0 saturated carbocycles. The first-order chi connectivity index (χ1) is 17.1. The normalized spacial score (nSPS) is 12.6. The number of halogens is 1. The summed E-state index contributed by atoms with van der Waals surface area (Å²) in [5, 5.41) is 3.44. The molecule has 0 heterocycles. The van der Waals surface area contributed by atoms with E-state index in [0.29, 0.717) is 30.1 Å². The van der Waals surface area contributed by atoms with Crippen LogP contribution in [0.5, 0.6) is 0 Å². The van der Waals surface area contributed by atoms with Crippen LogP contribution in [0.2, 0.25) is 5.02 Å². The maximum atomic E-state index is 13.6. The number of nitrogens with zero attached hydrogens (tertiary/aromatic N) is 2. The van der Waals surface area contributed by atoms with Gasteiger partial charge in [0.2, 0.25) is 21.8 Å². The number of rotatable bonds is 11. The summed E-state index contributed by atoms with van der Waals surface area (Å²) in [6, 6.07) is 12.2. The molecule has 1 atom stereocenters. The number of nitrogens with one attached hydrogen (secondary N) is 1. The molecule has 0 aliphatic carbocycles. The monoisotopic (exact) mass is 549 g/mol. The van der Waals surface area contributed by atoms with Crippen molar-refractivity contribution in [1.29, 1.82) is 0 Å². The third-order valence-electron chi connectivity index (χ3n) is 6.08. The molecule has 0 spiro atoms. The highest BCUT2D eigenvalue weighted by Crippen LogP contribution is 2.27. The molecule has 2 rings (SSSR count). The summed E-state index contributed by atoms with van der Waals surface area (Å²) in [5.74, 6) is -0.403. The summed E-state index contributed by atoms with van der Waals surface area (Å²) in [4.78, 5) is 28.4. The second kappa shape index (κ2) is 12.8. The summed E-state index contributed by atoms with van der Waals surface area (Å²) in [7, 11) is -3.60. The van der Waals surface area contributed by atoms with Crippen LogP contribution in [0, 0.1) is 13.8 Å². The summed E-state index contributed by atoms with van der Waals surface area (Å²) in [6.45, 7) is 11.8. The number of hydrogen-bond donors (Lipinski definition) is 1. The lowest BCUT2D eigenvalue weighted by Crippen LogP contribution is -2.53. The maximum Gasteiger partial charge on any atom is 0.243 e. The largest absolute Gasteiger partial charge is 0.350 e. The number of amides is 2. The molecule has 2 amide bonds. The van der Waals surface area contributed by atoms with Gasteiger partial charge in [-0.05, 0) is 76.3 Å². The van der Waals surface area contributed by atoms with E-state index >= 15 is 0 Å². The summed E-state index contributed by atoms with van der Waals surface area (Å²) < 4.78 is 26.5. The van der Waals surface area contributed by atoms with Gasteiger partial charge >= 0.3 is 0 Å². The van der Waals surface area contributed by atoms with Crippen LogP contribution in [0.25, 0.3) is 0 Å². The van der Waals surface area contributed by atoms with Gasteiger partial charge in [0, 0.05) is 30.1 Å². The predicted octanol–water partition coefficient (Wildman–Crippen LogP) is 5.23. The fourth-order valence-corrected chi connectivity index (χ4v) is 5.36. The van der Waals surface area contributed by atoms with Gasteiger partial charge in [-0.1, -0.05) is 48.9 Å². The van der Waals surface area contributed by atoms with E-state index < -0.39 is 21.6 Å². The first-order valence-corrected chi connectivity index (χ1v) is 14.8. The Balaban J connectivity index is 2.29. The summed E-state index contributed by atoms with van der Waals surface area (Å²) >= 11 is 6.13. The Morgan fingerprint density at radius 3 is 2.27 bits per heavy atom. The molecule has 0 fully saturated rings. The van der Waals surface area contributed by atoms with E-state index in [4.69, 9.17) is 11.6 Å². The summed E-state index contributed by atoms with van der Waals surface area (Å²) in [5.41, 5.74) is 2.82. The van der Waals surface area contributed by atoms with Crippen molar-refractivity contribution in [2.45, 2.75) is 78.9 Å². The van der Waals surface area contributed by atoms with Gasteiger partial charge < -0.3 is 10.2 Å². The molecule has 2 aromatic carbocycles. The van der Waals surface area contributed by atoms with Gasteiger partial charge in [-0.3, -0.25) is 13.9 Å². The third-order valence-corrected chi connectivity index (χ3v) is 7.49. The molecule has 0 aliphatic heterocycles. The van der Waals surface area contributed by atoms with Crippen molar-refractivity contribution < 1.29 is 18.0 Å². The van der Waals surface area contributed by atoms with Crippen molar-refractivity contribution in [3.8, 4) is 0 Å². The molecular weight excluding hydrogens is 510 g/mol. The predicted molar refractivity (Wildman–Crippen MR) is 151 cm³/mol. The minimum absolute atomic E-state index is 0.0941. The Morgan fingerprint density at radius 2 is 1.70 bits per heavy atom. The standard InChI is InChI=1S/C28H40ClN3O4S/c1-8-24(27(34)30-28(4,5)6)31(19-22-13-10-9-12-20(22)2)26(33)14-11-17-32(37(7,35)36)25-18-23(29)16-15-21(25)3/h9-10,12-13,15-16,18,24H,8,11,14,17,19H2,1-7H3,(H,30,34)/t24-/m0/s1. The molecule has 37 heavy (non-hydrogen) atoms. The van der Waals surface area contributed by atoms with Crippen molar-refractivity contribution in [2.75, 3.05) is 17.1 Å². The Hall–Kier alpha value is -2.58. The van der Waals surface area contributed by atoms with E-state index in [1.807, 2.05) is 65.8 Å². The number of carbonyl (C=O) groups is 2. The second-order valence-electron chi connectivity index (χ2n) is 10.5. The van der Waals surface area contributed by atoms with Crippen LogP contribution in [0.3, 0.4) is 0 Å². The van der Waals surface area contributed by atoms with Gasteiger partial charge in [-0.15, -0.1) is 0 Å². The van der Waals surface area contributed by atoms with E-state index in [1.54, 1.807) is 23.1 Å². The Labute approximate surface area is 227 Å². The zero-order valence-electron chi connectivity index (χ0n) is 23.0. The van der Waals surface area contributed by atoms with Crippen LogP contribution in [0.15, 0.2) is 42.5 Å². The average molecular weight is 550 g/mol. The van der Waals surface area contributed by atoms with Crippen molar-refractivity contribution in [3.63, 3.8) is 0 Å². The highest BCUT2D eigenvalue weighted by atomic mass is 35.5. The van der Waals surface area contributed by atoms with Gasteiger partial charge in [-0.25, -0.2) is 8.42 Å². The molecule has 1 N–H and O–H groups in total. The minimum Gasteiger partial charge on any atom is -0.350 e. The van der Waals surface area contributed by atoms with Gasteiger partial charge in [-0.2, -0.15) is 0 Å². The molecule has 0 unspecified atom stereocenters. The first-order valence-electron chi connectivity index (χ1n) is 12.5. The lowest BCUT2D eigenvalue weighted by atomic mass is 10.0. The number of benzene rings is 2. The quantitative estimate of drug-likeness (QED) is 0.416. The highest BCUT2D eigenvalue weighted by Gasteiger charge is 2.31. The molecule has 0 radical (unpaired) electrons. The molecule has 0 aromatic heterocycles. The van der Waals surface area contributed by atoms with E-state index in [1.165, 1.54) is 4.31 Å². The molecular formula is C28H40ClN3O4S. The molecule has 0 bridgehead atoms. The lowest BCUT2D eigenvalue weighted by molar-refractivity contribution is -0.142. The van der Waals surface area contributed by atoms with Gasteiger partial charge in [0.15, 0.2) is 0 Å².